The molecule has 0 aliphatic rings. The Labute approximate surface area is 163 Å². The number of amides is 1. The predicted octanol–water partition coefficient (Wildman–Crippen LogP) is 3.71. The Hall–Kier alpha value is -3.06. The van der Waals surface area contributed by atoms with E-state index in [1.807, 2.05) is 42.5 Å². The van der Waals surface area contributed by atoms with Crippen LogP contribution in [0.2, 0.25) is 0 Å². The molecule has 0 spiro atoms. The molecule has 0 aliphatic carbocycles. The van der Waals surface area contributed by atoms with Gasteiger partial charge in [-0.1, -0.05) is 5.56 Å². The quantitative estimate of drug-likeness (QED) is 0.305. The molecule has 0 aliphatic heterocycles. The third kappa shape index (κ3) is 6.82. The van der Waals surface area contributed by atoms with Crippen LogP contribution in [0.25, 0.3) is 0 Å². The summed E-state index contributed by atoms with van der Waals surface area (Å²) >= 11 is 0. The van der Waals surface area contributed by atoms with Gasteiger partial charge in [-0.2, -0.15) is 18.1 Å². The second-order valence-electron chi connectivity index (χ2n) is 5.13. The van der Waals surface area contributed by atoms with Crippen molar-refractivity contribution in [2.75, 3.05) is 5.32 Å². The molecule has 0 unspecified atom stereocenters. The number of aromatic hydroxyl groups is 1. The van der Waals surface area contributed by atoms with Gasteiger partial charge in [0.05, 0.1) is 5.56 Å². The van der Waals surface area contributed by atoms with Crippen LogP contribution in [-0.4, -0.2) is 16.8 Å². The molecule has 2 N–H and O–H groups in total. The minimum atomic E-state index is -0.474. The summed E-state index contributed by atoms with van der Waals surface area (Å²) in [7, 11) is 0. The molecule has 0 atom stereocenters. The minimum Gasteiger partial charge on any atom is -0.748 e. The second-order valence-corrected chi connectivity index (χ2v) is 5.13. The Bertz CT molecular complexity index is 868. The molecule has 0 aromatic heterocycles. The van der Waals surface area contributed by atoms with E-state index in [9.17, 15) is 14.7 Å². The molecule has 138 valence electrons. The summed E-state index contributed by atoms with van der Waals surface area (Å²) in [6, 6.07) is 21.5. The molecule has 0 fully saturated rings. The molecule has 0 bridgehead atoms. The van der Waals surface area contributed by atoms with Crippen LogP contribution in [0.1, 0.15) is 22.8 Å². The summed E-state index contributed by atoms with van der Waals surface area (Å²) < 4.78 is 0. The molecule has 1 amide bonds. The van der Waals surface area contributed by atoms with Crippen molar-refractivity contribution in [3.05, 3.63) is 83.9 Å². The number of carbonyl (C=O) groups excluding carboxylic acids is 2. The maximum absolute atomic E-state index is 11.9. The van der Waals surface area contributed by atoms with E-state index in [1.165, 1.54) is 19.1 Å². The van der Waals surface area contributed by atoms with Crippen LogP contribution in [0.3, 0.4) is 0 Å². The van der Waals surface area contributed by atoms with E-state index in [1.54, 1.807) is 18.2 Å². The monoisotopic (exact) mass is 387 g/mol. The smallest absolute Gasteiger partial charge is 0.221 e. The first-order chi connectivity index (χ1) is 12.1. The van der Waals surface area contributed by atoms with Gasteiger partial charge in [0.2, 0.25) is 5.91 Å². The first-order valence-electron chi connectivity index (χ1n) is 7.61. The van der Waals surface area contributed by atoms with Gasteiger partial charge in [-0.15, -0.1) is 18.1 Å². The Kier molecular flexibility index (Phi) is 8.66. The number of benzene rings is 1. The summed E-state index contributed by atoms with van der Waals surface area (Å²) in [5.74, 6) is 4.25. The summed E-state index contributed by atoms with van der Waals surface area (Å²) in [6.07, 6.45) is 0. The number of hydrogen-bond donors (Lipinski definition) is 2. The molecule has 3 aromatic rings. The first-order valence-corrected chi connectivity index (χ1v) is 7.61. The van der Waals surface area contributed by atoms with Crippen molar-refractivity contribution >= 4 is 17.4 Å². The number of hydrogen-bond acceptors (Lipinski definition) is 3. The summed E-state index contributed by atoms with van der Waals surface area (Å²) in [6.45, 7) is 1.36. The molecule has 26 heavy (non-hydrogen) atoms. The molecule has 3 aromatic carbocycles. The predicted molar refractivity (Wildman–Crippen MR) is 97.7 cm³/mol. The number of ketones is 1. The molecule has 4 nitrogen and oxygen atoms in total. The third-order valence-corrected chi connectivity index (χ3v) is 3.10. The SMILES string of the molecule is CC(=O)Nc1ccc(C(=O)C#C[c-]2cccc2)c(O)c1.[Fe].[cH-]1[cH-][cH-][cH-][cH-]1. The van der Waals surface area contributed by atoms with Crippen LogP contribution in [0.4, 0.5) is 5.69 Å². The zero-order chi connectivity index (χ0) is 18.1. The van der Waals surface area contributed by atoms with Gasteiger partial charge in [0, 0.05) is 35.7 Å². The third-order valence-electron chi connectivity index (χ3n) is 3.10. The van der Waals surface area contributed by atoms with Crippen LogP contribution in [-0.2, 0) is 21.9 Å². The Morgan fingerprint density at radius 1 is 1.08 bits per heavy atom. The Morgan fingerprint density at radius 2 is 1.65 bits per heavy atom. The Morgan fingerprint density at radius 3 is 2.15 bits per heavy atom. The Balaban J connectivity index is 0.000000486. The van der Waals surface area contributed by atoms with Gasteiger partial charge in [0.25, 0.3) is 0 Å². The topological polar surface area (TPSA) is 66.4 Å². The van der Waals surface area contributed by atoms with Crippen LogP contribution < -0.4 is 5.32 Å². The molecule has 0 saturated carbocycles. The average molecular weight is 387 g/mol. The molecule has 0 saturated heterocycles. The van der Waals surface area contributed by atoms with Crippen LogP contribution in [0.15, 0.2) is 72.8 Å². The van der Waals surface area contributed by atoms with Crippen molar-refractivity contribution in [2.45, 2.75) is 6.92 Å². The largest absolute Gasteiger partial charge is 0.748 e. The van der Waals surface area contributed by atoms with Crippen molar-refractivity contribution in [3.63, 3.8) is 0 Å². The maximum Gasteiger partial charge on any atom is 0.221 e. The second kappa shape index (κ2) is 10.7. The maximum atomic E-state index is 11.9. The van der Waals surface area contributed by atoms with E-state index in [4.69, 9.17) is 0 Å². The molecular formula is C21H17FeNO3-6. The van der Waals surface area contributed by atoms with Gasteiger partial charge in [0.15, 0.2) is 5.78 Å². The number of phenolic OH excluding ortho intramolecular Hbond substituents is 1. The normalized spacial score (nSPS) is 8.81. The summed E-state index contributed by atoms with van der Waals surface area (Å²) in [4.78, 5) is 22.8. The van der Waals surface area contributed by atoms with Gasteiger partial charge in [-0.25, -0.2) is 0 Å². The fourth-order valence-corrected chi connectivity index (χ4v) is 1.98. The fraction of sp³-hybridized carbons (Fsp3) is 0.0476. The zero-order valence-electron chi connectivity index (χ0n) is 14.0. The standard InChI is InChI=1S/C16H12NO3.C5H5.Fe/c1-11(18)17-13-7-8-14(16(20)10-13)15(19)9-6-12-4-2-3-5-12;1-2-4-5-3-1;/h2-5,7-8,10,20H,1H3,(H,17,18);1-5H;/q-1;-5;. The van der Waals surface area contributed by atoms with Gasteiger partial charge < -0.3 is 40.8 Å². The molecule has 5 heteroatoms. The number of phenols is 1. The van der Waals surface area contributed by atoms with E-state index < -0.39 is 5.78 Å². The molecule has 0 radical (unpaired) electrons. The van der Waals surface area contributed by atoms with Crippen molar-refractivity contribution < 1.29 is 31.8 Å². The summed E-state index contributed by atoms with van der Waals surface area (Å²) in [5.41, 5.74) is 1.28. The van der Waals surface area contributed by atoms with Crippen molar-refractivity contribution in [3.8, 4) is 17.6 Å². The van der Waals surface area contributed by atoms with Crippen LogP contribution >= 0.6 is 0 Å². The van der Waals surface area contributed by atoms with E-state index in [0.29, 0.717) is 5.69 Å². The zero-order valence-corrected chi connectivity index (χ0v) is 15.1. The first kappa shape index (κ1) is 21.0. The van der Waals surface area contributed by atoms with Crippen molar-refractivity contribution in [1.82, 2.24) is 0 Å². The molecule has 3 rings (SSSR count). The number of nitrogens with one attached hydrogen (secondary N) is 1. The van der Waals surface area contributed by atoms with Gasteiger partial charge in [-0.05, 0) is 12.1 Å². The minimum absolute atomic E-state index is 0. The number of rotatable bonds is 2. The fourth-order valence-electron chi connectivity index (χ4n) is 1.98. The van der Waals surface area contributed by atoms with Crippen LogP contribution in [0, 0.1) is 11.8 Å². The number of Topliss-reactive ketones (excluding diaryl/α,β-unsaturated/α-hetero) is 1. The van der Waals surface area contributed by atoms with Crippen molar-refractivity contribution in [2.24, 2.45) is 0 Å². The van der Waals surface area contributed by atoms with Crippen molar-refractivity contribution in [1.29, 1.82) is 0 Å². The average Bonchev–Trinajstić information content (AvgIpc) is 3.28. The molecule has 0 heterocycles. The molecular weight excluding hydrogens is 370 g/mol. The number of anilines is 1. The van der Waals surface area contributed by atoms with Gasteiger partial charge >= 0.3 is 0 Å². The van der Waals surface area contributed by atoms with E-state index in [-0.39, 0.29) is 34.3 Å². The number of carbonyl (C=O) groups is 2. The van der Waals surface area contributed by atoms with Gasteiger partial charge in [0.1, 0.15) is 5.75 Å². The van der Waals surface area contributed by atoms with E-state index >= 15 is 0 Å². The summed E-state index contributed by atoms with van der Waals surface area (Å²) in [5, 5.41) is 12.3. The van der Waals surface area contributed by atoms with Crippen LogP contribution in [0.5, 0.6) is 5.75 Å². The van der Waals surface area contributed by atoms with Gasteiger partial charge in [-0.3, -0.25) is 9.59 Å². The van der Waals surface area contributed by atoms with E-state index in [0.717, 1.165) is 5.56 Å². The van der Waals surface area contributed by atoms with E-state index in [2.05, 4.69) is 17.2 Å².